The Kier molecular flexibility index (Phi) is 3.83. The van der Waals surface area contributed by atoms with Crippen LogP contribution in [0.15, 0.2) is 42.5 Å². The number of hydrogen-bond acceptors (Lipinski definition) is 3. The van der Waals surface area contributed by atoms with E-state index in [2.05, 4.69) is 72.2 Å². The first-order chi connectivity index (χ1) is 8.84. The van der Waals surface area contributed by atoms with Gasteiger partial charge in [0.25, 0.3) is 0 Å². The van der Waals surface area contributed by atoms with Crippen molar-refractivity contribution in [3.63, 3.8) is 0 Å². The van der Waals surface area contributed by atoms with Crippen molar-refractivity contribution in [3.8, 4) is 0 Å². The van der Waals surface area contributed by atoms with Gasteiger partial charge in [-0.3, -0.25) is 0 Å². The second-order valence-electron chi connectivity index (χ2n) is 4.37. The Labute approximate surface area is 121 Å². The van der Waals surface area contributed by atoms with Gasteiger partial charge in [-0.1, -0.05) is 36.4 Å². The smallest absolute Gasteiger partial charge is 0.132 e. The summed E-state index contributed by atoms with van der Waals surface area (Å²) < 4.78 is 0.211. The van der Waals surface area contributed by atoms with E-state index in [0.717, 1.165) is 0 Å². The minimum Gasteiger partial charge on any atom is -0.132 e. The molecule has 94 valence electrons. The highest BCUT2D eigenvalue weighted by molar-refractivity contribution is 8.32. The molecule has 0 atom stereocenters. The predicted octanol–water partition coefficient (Wildman–Crippen LogP) is 5.18. The summed E-state index contributed by atoms with van der Waals surface area (Å²) in [7, 11) is 0. The van der Waals surface area contributed by atoms with Gasteiger partial charge in [0, 0.05) is 0 Å². The van der Waals surface area contributed by atoms with Gasteiger partial charge >= 0.3 is 0 Å². The highest BCUT2D eigenvalue weighted by Crippen LogP contribution is 2.57. The van der Waals surface area contributed by atoms with Crippen molar-refractivity contribution in [3.05, 3.63) is 48.0 Å². The molecule has 1 fully saturated rings. The average molecular weight is 292 g/mol. The Morgan fingerprint density at radius 1 is 1.00 bits per heavy atom. The van der Waals surface area contributed by atoms with Crippen LogP contribution in [-0.2, 0) is 3.41 Å². The van der Waals surface area contributed by atoms with Crippen molar-refractivity contribution in [2.24, 2.45) is 0 Å². The third-order valence-electron chi connectivity index (χ3n) is 3.24. The lowest BCUT2D eigenvalue weighted by Crippen LogP contribution is -2.18. The number of thioether (sulfide) groups is 3. The molecular formula is C15H16S3. The zero-order chi connectivity index (χ0) is 12.4. The largest absolute Gasteiger partial charge is 0.132 e. The molecule has 0 bridgehead atoms. The van der Waals surface area contributed by atoms with Crippen LogP contribution in [0.2, 0.25) is 0 Å². The lowest BCUT2D eigenvalue weighted by molar-refractivity contribution is 1.08. The van der Waals surface area contributed by atoms with E-state index in [4.69, 9.17) is 0 Å². The molecule has 1 aliphatic heterocycles. The third-order valence-corrected chi connectivity index (χ3v) is 8.65. The van der Waals surface area contributed by atoms with E-state index in [-0.39, 0.29) is 3.41 Å². The van der Waals surface area contributed by atoms with Gasteiger partial charge in [0.05, 0.1) is 0 Å². The maximum atomic E-state index is 2.37. The maximum absolute atomic E-state index is 2.37. The van der Waals surface area contributed by atoms with Gasteiger partial charge in [-0.15, -0.1) is 35.3 Å². The summed E-state index contributed by atoms with van der Waals surface area (Å²) in [5.74, 6) is 2.56. The fraction of sp³-hybridized carbons (Fsp3) is 0.333. The van der Waals surface area contributed by atoms with E-state index in [1.165, 1.54) is 34.3 Å². The van der Waals surface area contributed by atoms with E-state index >= 15 is 0 Å². The molecule has 1 aliphatic rings. The van der Waals surface area contributed by atoms with Crippen LogP contribution in [0.4, 0.5) is 0 Å². The Morgan fingerprint density at radius 3 is 2.44 bits per heavy atom. The molecule has 0 spiro atoms. The molecule has 0 aliphatic carbocycles. The van der Waals surface area contributed by atoms with Gasteiger partial charge < -0.3 is 0 Å². The minimum absolute atomic E-state index is 0.211. The predicted molar refractivity (Wildman–Crippen MR) is 88.7 cm³/mol. The van der Waals surface area contributed by atoms with Gasteiger partial charge in [-0.25, -0.2) is 0 Å². The number of hydrogen-bond donors (Lipinski definition) is 0. The molecule has 3 heteroatoms. The van der Waals surface area contributed by atoms with Crippen LogP contribution in [-0.4, -0.2) is 17.8 Å². The first-order valence-electron chi connectivity index (χ1n) is 6.16. The van der Waals surface area contributed by atoms with Gasteiger partial charge in [-0.05, 0) is 46.6 Å². The summed E-state index contributed by atoms with van der Waals surface area (Å²) in [6.45, 7) is 0. The lowest BCUT2D eigenvalue weighted by atomic mass is 10.1. The van der Waals surface area contributed by atoms with Crippen LogP contribution < -0.4 is 0 Å². The lowest BCUT2D eigenvalue weighted by Gasteiger charge is -2.35. The fourth-order valence-corrected chi connectivity index (χ4v) is 6.82. The van der Waals surface area contributed by atoms with Crippen molar-refractivity contribution in [1.29, 1.82) is 0 Å². The molecule has 0 N–H and O–H groups in total. The summed E-state index contributed by atoms with van der Waals surface area (Å²) >= 11 is 6.18. The molecule has 3 rings (SSSR count). The van der Waals surface area contributed by atoms with Crippen LogP contribution in [0, 0.1) is 0 Å². The molecule has 0 amide bonds. The quantitative estimate of drug-likeness (QED) is 0.748. The normalized spacial score (nSPS) is 18.9. The summed E-state index contributed by atoms with van der Waals surface area (Å²) in [6, 6.07) is 15.6. The molecule has 0 radical (unpaired) electrons. The first-order valence-corrected chi connectivity index (χ1v) is 9.36. The molecule has 2 aromatic rings. The van der Waals surface area contributed by atoms with Crippen molar-refractivity contribution < 1.29 is 0 Å². The van der Waals surface area contributed by atoms with Crippen LogP contribution >= 0.6 is 35.3 Å². The Balaban J connectivity index is 2.06. The summed E-state index contributed by atoms with van der Waals surface area (Å²) in [5.41, 5.74) is 1.46. The summed E-state index contributed by atoms with van der Waals surface area (Å²) in [4.78, 5) is 0. The van der Waals surface area contributed by atoms with E-state index in [0.29, 0.717) is 0 Å². The van der Waals surface area contributed by atoms with E-state index in [1.807, 2.05) is 11.8 Å². The average Bonchev–Trinajstić information content (AvgIpc) is 2.47. The molecule has 18 heavy (non-hydrogen) atoms. The van der Waals surface area contributed by atoms with Crippen LogP contribution in [0.5, 0.6) is 0 Å². The fourth-order valence-electron chi connectivity index (χ4n) is 2.30. The Hall–Kier alpha value is -0.250. The Morgan fingerprint density at radius 2 is 1.72 bits per heavy atom. The molecule has 1 saturated heterocycles. The van der Waals surface area contributed by atoms with Crippen LogP contribution in [0.3, 0.4) is 0 Å². The number of benzene rings is 2. The van der Waals surface area contributed by atoms with Gasteiger partial charge in [0.15, 0.2) is 0 Å². The SMILES string of the molecule is CSC1(c2ccc3ccccc3c2)SCCCS1. The number of fused-ring (bicyclic) bond motifs is 1. The van der Waals surface area contributed by atoms with Crippen molar-refractivity contribution in [1.82, 2.24) is 0 Å². The van der Waals surface area contributed by atoms with Crippen molar-refractivity contribution in [2.75, 3.05) is 17.8 Å². The van der Waals surface area contributed by atoms with Gasteiger partial charge in [0.2, 0.25) is 0 Å². The van der Waals surface area contributed by atoms with Crippen molar-refractivity contribution in [2.45, 2.75) is 9.83 Å². The van der Waals surface area contributed by atoms with E-state index in [1.54, 1.807) is 0 Å². The molecule has 0 aromatic heterocycles. The monoisotopic (exact) mass is 292 g/mol. The topological polar surface area (TPSA) is 0 Å². The Bertz CT molecular complexity index is 544. The zero-order valence-electron chi connectivity index (χ0n) is 10.4. The van der Waals surface area contributed by atoms with Crippen molar-refractivity contribution >= 4 is 46.1 Å². The van der Waals surface area contributed by atoms with E-state index < -0.39 is 0 Å². The molecule has 1 heterocycles. The second kappa shape index (κ2) is 5.40. The second-order valence-corrected chi connectivity index (χ2v) is 8.79. The van der Waals surface area contributed by atoms with Crippen LogP contribution in [0.1, 0.15) is 12.0 Å². The molecule has 0 unspecified atom stereocenters. The number of rotatable bonds is 2. The highest BCUT2D eigenvalue weighted by atomic mass is 32.3. The molecular weight excluding hydrogens is 276 g/mol. The highest BCUT2D eigenvalue weighted by Gasteiger charge is 2.34. The standard InChI is InChI=1S/C15H16S3/c1-16-15(17-9-4-10-18-15)14-8-7-12-5-2-3-6-13(12)11-14/h2-3,5-8,11H,4,9-10H2,1H3. The third kappa shape index (κ3) is 2.28. The maximum Gasteiger partial charge on any atom is 0.132 e. The zero-order valence-corrected chi connectivity index (χ0v) is 12.8. The molecule has 0 saturated carbocycles. The van der Waals surface area contributed by atoms with Gasteiger partial charge in [0.1, 0.15) is 3.41 Å². The molecule has 0 nitrogen and oxygen atoms in total. The molecule has 2 aromatic carbocycles. The first kappa shape index (κ1) is 12.8. The van der Waals surface area contributed by atoms with Gasteiger partial charge in [-0.2, -0.15) is 0 Å². The minimum atomic E-state index is 0.211. The van der Waals surface area contributed by atoms with E-state index in [9.17, 15) is 0 Å². The summed E-state index contributed by atoms with van der Waals surface area (Å²) in [5, 5.41) is 2.69. The van der Waals surface area contributed by atoms with Crippen LogP contribution in [0.25, 0.3) is 10.8 Å². The summed E-state index contributed by atoms with van der Waals surface area (Å²) in [6.07, 6.45) is 3.58.